The number of hydrogen-bond acceptors (Lipinski definition) is 10. The van der Waals surface area contributed by atoms with E-state index in [4.69, 9.17) is 30.5 Å². The molecule has 5 unspecified atom stereocenters. The number of rotatable bonds is 7. The van der Waals surface area contributed by atoms with Gasteiger partial charge in [-0.2, -0.15) is 0 Å². The molecular weight excluding hydrogens is 620 g/mol. The van der Waals surface area contributed by atoms with Crippen molar-refractivity contribution in [1.29, 1.82) is 0 Å². The molecule has 12 heteroatoms. The van der Waals surface area contributed by atoms with E-state index in [1.807, 2.05) is 0 Å². The quantitative estimate of drug-likeness (QED) is 0.382. The summed E-state index contributed by atoms with van der Waals surface area (Å²) in [7, 11) is 4.98. The van der Waals surface area contributed by atoms with E-state index in [-0.39, 0.29) is 53.5 Å². The van der Waals surface area contributed by atoms with Crippen LogP contribution in [0.15, 0.2) is 36.4 Å². The van der Waals surface area contributed by atoms with Gasteiger partial charge in [0.1, 0.15) is 16.8 Å². The van der Waals surface area contributed by atoms with E-state index >= 15 is 0 Å². The predicted molar refractivity (Wildman–Crippen MR) is 166 cm³/mol. The van der Waals surface area contributed by atoms with E-state index in [0.717, 1.165) is 11.3 Å². The Bertz CT molecular complexity index is 1570. The first-order chi connectivity index (χ1) is 21.5. The number of hydrogen-bond donors (Lipinski definition) is 3. The molecule has 4 heterocycles. The minimum Gasteiger partial charge on any atom is -0.453 e. The maximum absolute atomic E-state index is 14.2. The number of fused-ring (bicyclic) bond motifs is 2. The second-order valence-electron chi connectivity index (χ2n) is 13.8. The maximum atomic E-state index is 14.2. The Balaban J connectivity index is 1.18. The smallest absolute Gasteiger partial charge is 0.340 e. The monoisotopic (exact) mass is 658 g/mol. The summed E-state index contributed by atoms with van der Waals surface area (Å²) in [4.78, 5) is 30.0. The number of methoxy groups -OCH3 is 3. The highest BCUT2D eigenvalue weighted by Crippen LogP contribution is 2.77. The fourth-order valence-corrected chi connectivity index (χ4v) is 12.4. The van der Waals surface area contributed by atoms with Crippen LogP contribution in [0.1, 0.15) is 59.1 Å². The number of carbonyl (C=O) groups is 2. The zero-order valence-corrected chi connectivity index (χ0v) is 27.3. The summed E-state index contributed by atoms with van der Waals surface area (Å²) in [5, 5.41) is 28.3. The van der Waals surface area contributed by atoms with E-state index in [9.17, 15) is 19.8 Å². The van der Waals surface area contributed by atoms with Crippen LogP contribution in [-0.4, -0.2) is 101 Å². The van der Waals surface area contributed by atoms with Crippen molar-refractivity contribution in [2.75, 3.05) is 26.6 Å². The average Bonchev–Trinajstić information content (AvgIpc) is 3.72. The molecule has 8 rings (SSSR count). The maximum Gasteiger partial charge on any atom is 0.340 e. The Hall–Kier alpha value is -2.09. The van der Waals surface area contributed by atoms with Crippen molar-refractivity contribution in [3.05, 3.63) is 51.2 Å². The summed E-state index contributed by atoms with van der Waals surface area (Å²) in [6.07, 6.45) is 1.60. The number of piperidine rings is 2. The fraction of sp³-hybridized carbons (Fsp3) is 0.636. The van der Waals surface area contributed by atoms with Crippen molar-refractivity contribution in [1.82, 2.24) is 4.90 Å². The summed E-state index contributed by atoms with van der Waals surface area (Å²) in [5.41, 5.74) is -3.91. The van der Waals surface area contributed by atoms with Crippen LogP contribution in [-0.2, 0) is 18.9 Å². The van der Waals surface area contributed by atoms with E-state index in [0.29, 0.717) is 47.0 Å². The lowest BCUT2D eigenvalue weighted by Gasteiger charge is -2.64. The number of aliphatic hydroxyl groups is 2. The number of thiophene rings is 1. The lowest BCUT2D eigenvalue weighted by atomic mass is 9.56. The molecule has 1 spiro atoms. The predicted octanol–water partition coefficient (Wildman–Crippen LogP) is 3.74. The Morgan fingerprint density at radius 2 is 1.82 bits per heavy atom. The van der Waals surface area contributed by atoms with Crippen molar-refractivity contribution in [3.63, 3.8) is 0 Å². The Labute approximate surface area is 270 Å². The van der Waals surface area contributed by atoms with Gasteiger partial charge in [0.25, 0.3) is 5.91 Å². The van der Waals surface area contributed by atoms with Crippen molar-refractivity contribution in [2.45, 2.75) is 91.8 Å². The van der Waals surface area contributed by atoms with Crippen molar-refractivity contribution in [3.8, 4) is 0 Å². The van der Waals surface area contributed by atoms with Crippen LogP contribution in [0.25, 0.3) is 0 Å². The van der Waals surface area contributed by atoms with E-state index in [1.54, 1.807) is 57.7 Å². The number of ether oxygens (including phenoxy) is 4. The van der Waals surface area contributed by atoms with Crippen LogP contribution < -0.4 is 5.32 Å². The molecule has 1 aromatic heterocycles. The van der Waals surface area contributed by atoms with Crippen LogP contribution in [0, 0.1) is 17.8 Å². The average molecular weight is 659 g/mol. The summed E-state index contributed by atoms with van der Waals surface area (Å²) in [6, 6.07) is 9.52. The number of nitrogens with one attached hydrogen (secondary N) is 1. The molecule has 242 valence electrons. The van der Waals surface area contributed by atoms with Gasteiger partial charge >= 0.3 is 5.97 Å². The highest BCUT2D eigenvalue weighted by Gasteiger charge is 2.91. The molecule has 3 saturated carbocycles. The van der Waals surface area contributed by atoms with Gasteiger partial charge in [0.2, 0.25) is 0 Å². The first kappa shape index (κ1) is 30.3. The molecule has 45 heavy (non-hydrogen) atoms. The van der Waals surface area contributed by atoms with Gasteiger partial charge < -0.3 is 34.5 Å². The summed E-state index contributed by atoms with van der Waals surface area (Å²) < 4.78 is 25.4. The molecule has 6 aliphatic rings. The van der Waals surface area contributed by atoms with Crippen molar-refractivity contribution >= 4 is 40.5 Å². The summed E-state index contributed by atoms with van der Waals surface area (Å²) in [6.45, 7) is 2.08. The van der Waals surface area contributed by atoms with Crippen LogP contribution in [0.5, 0.6) is 0 Å². The van der Waals surface area contributed by atoms with Gasteiger partial charge in [0, 0.05) is 57.6 Å². The molecular formula is C33H39ClN2O8S. The number of esters is 1. The van der Waals surface area contributed by atoms with Crippen molar-refractivity contribution < 1.29 is 38.7 Å². The zero-order chi connectivity index (χ0) is 31.7. The van der Waals surface area contributed by atoms with Crippen LogP contribution in [0.4, 0.5) is 5.69 Å². The molecule has 6 fully saturated rings. The standard InChI is InChI=1S/C33H39ClN2O8S/c1-16-30(44-29(38)17-7-5-6-8-19(17)35-28(37)21-9-10-26(34)45-21)12-11-25(42-3)32-22(30)14-24(36(16)32)31(39)15-20(41-2)18-13-23(32)33(31,40)27(18)43-4/h5-10,16,18,20,22-25,27,39-40H,11-15H2,1-4H3,(H,35,37)/t16-,18+,20-,22?,23?,24?,25-,27-,30+,31-,32?,33-/m0/s1. The number of para-hydroxylation sites is 1. The van der Waals surface area contributed by atoms with Gasteiger partial charge in [0.15, 0.2) is 0 Å². The molecule has 1 amide bonds. The van der Waals surface area contributed by atoms with Gasteiger partial charge in [-0.1, -0.05) is 23.7 Å². The molecule has 0 radical (unpaired) electrons. The first-order valence-corrected chi connectivity index (χ1v) is 16.9. The number of amides is 1. The van der Waals surface area contributed by atoms with Gasteiger partial charge in [-0.25, -0.2) is 4.79 Å². The number of anilines is 1. The van der Waals surface area contributed by atoms with Crippen LogP contribution in [0.3, 0.4) is 0 Å². The summed E-state index contributed by atoms with van der Waals surface area (Å²) in [5.74, 6) is -1.55. The number of halogens is 1. The molecule has 13 atom stereocenters. The molecule has 10 nitrogen and oxygen atoms in total. The highest BCUT2D eigenvalue weighted by atomic mass is 35.5. The third-order valence-corrected chi connectivity index (χ3v) is 14.0. The fourth-order valence-electron chi connectivity index (χ4n) is 11.4. The van der Waals surface area contributed by atoms with E-state index in [2.05, 4.69) is 17.1 Å². The lowest BCUT2D eigenvalue weighted by molar-refractivity contribution is -0.314. The topological polar surface area (TPSA) is 127 Å². The third-order valence-electron chi connectivity index (χ3n) is 12.8. The molecule has 3 N–H and O–H groups in total. The molecule has 3 aliphatic carbocycles. The van der Waals surface area contributed by atoms with Crippen molar-refractivity contribution in [2.24, 2.45) is 17.8 Å². The summed E-state index contributed by atoms with van der Waals surface area (Å²) >= 11 is 7.21. The highest BCUT2D eigenvalue weighted by molar-refractivity contribution is 7.18. The molecule has 1 aromatic carbocycles. The van der Waals surface area contributed by atoms with Gasteiger partial charge in [-0.15, -0.1) is 11.3 Å². The lowest BCUT2D eigenvalue weighted by Crippen LogP contribution is -2.82. The molecule has 3 aliphatic heterocycles. The Morgan fingerprint density at radius 1 is 1.04 bits per heavy atom. The SMILES string of the molecule is CO[C@H]1C[C@]2(O)C3CC4C5(C6C[C@H]1[C@H](OC)[C@@]62O)[C@@H](OC)CC[C@@]4(OC(=O)c1ccccc1NC(=O)c1ccc(Cl)s1)[C@H](C)N35. The second kappa shape index (κ2) is 9.96. The minimum atomic E-state index is -1.51. The van der Waals surface area contributed by atoms with E-state index in [1.165, 1.54) is 0 Å². The normalized spacial score (nSPS) is 46.7. The molecule has 7 bridgehead atoms. The van der Waals surface area contributed by atoms with Gasteiger partial charge in [0.05, 0.1) is 44.3 Å². The second-order valence-corrected chi connectivity index (χ2v) is 15.5. The molecule has 3 saturated heterocycles. The largest absolute Gasteiger partial charge is 0.453 e. The molecule has 2 aromatic rings. The van der Waals surface area contributed by atoms with Gasteiger partial charge in [-0.3, -0.25) is 9.69 Å². The third kappa shape index (κ3) is 3.46. The van der Waals surface area contributed by atoms with E-state index < -0.39 is 34.4 Å². The number of benzene rings is 1. The zero-order valence-electron chi connectivity index (χ0n) is 25.7. The Morgan fingerprint density at radius 3 is 2.51 bits per heavy atom. The minimum absolute atomic E-state index is 0.0926. The Kier molecular flexibility index (Phi) is 6.70. The van der Waals surface area contributed by atoms with Crippen LogP contribution >= 0.6 is 22.9 Å². The number of nitrogens with zero attached hydrogens (tertiary/aromatic N) is 1. The first-order valence-electron chi connectivity index (χ1n) is 15.7. The number of carbonyl (C=O) groups excluding carboxylic acids is 2. The van der Waals surface area contributed by atoms with Gasteiger partial charge in [-0.05, 0) is 56.9 Å². The van der Waals surface area contributed by atoms with Crippen LogP contribution in [0.2, 0.25) is 4.34 Å².